The number of nitrogens with one attached hydrogen (secondary N) is 3. The van der Waals surface area contributed by atoms with Crippen LogP contribution < -0.4 is 16.0 Å². The van der Waals surface area contributed by atoms with Crippen LogP contribution in [0.2, 0.25) is 5.02 Å². The van der Waals surface area contributed by atoms with Gasteiger partial charge in [0.25, 0.3) is 5.91 Å². The molecular weight excluding hydrogens is 362 g/mol. The topological polar surface area (TPSA) is 87.3 Å². The largest absolute Gasteiger partial charge is 0.354 e. The highest BCUT2D eigenvalue weighted by atomic mass is 35.5. The maximum atomic E-state index is 12.6. The molecule has 136 valence electrons. The molecule has 2 unspecified atom stereocenters. The summed E-state index contributed by atoms with van der Waals surface area (Å²) >= 11 is 7.63. The third kappa shape index (κ3) is 5.64. The monoisotopic (exact) mass is 383 g/mol. The van der Waals surface area contributed by atoms with E-state index in [0.717, 1.165) is 6.42 Å². The van der Waals surface area contributed by atoms with Gasteiger partial charge in [-0.25, -0.2) is 0 Å². The quantitative estimate of drug-likeness (QED) is 0.667. The van der Waals surface area contributed by atoms with Crippen molar-refractivity contribution in [3.63, 3.8) is 0 Å². The molecule has 1 aromatic carbocycles. The Hall–Kier alpha value is -1.73. The zero-order chi connectivity index (χ0) is 18.2. The lowest BCUT2D eigenvalue weighted by Crippen LogP contribution is -2.55. The highest BCUT2D eigenvalue weighted by molar-refractivity contribution is 7.98. The summed E-state index contributed by atoms with van der Waals surface area (Å²) in [6, 6.07) is 5.42. The average molecular weight is 384 g/mol. The number of hydrogen-bond acceptors (Lipinski definition) is 4. The zero-order valence-corrected chi connectivity index (χ0v) is 15.6. The minimum atomic E-state index is -0.717. The first-order chi connectivity index (χ1) is 12.0. The molecule has 1 aromatic rings. The third-order valence-corrected chi connectivity index (χ3v) is 4.93. The van der Waals surface area contributed by atoms with Crippen molar-refractivity contribution >= 4 is 41.1 Å². The fraction of sp³-hybridized carbons (Fsp3) is 0.471. The van der Waals surface area contributed by atoms with Crippen LogP contribution in [-0.4, -0.2) is 48.4 Å². The molecule has 3 N–H and O–H groups in total. The average Bonchev–Trinajstić information content (AvgIpc) is 2.60. The van der Waals surface area contributed by atoms with Gasteiger partial charge in [0.1, 0.15) is 12.1 Å². The Labute approximate surface area is 156 Å². The standard InChI is InChI=1S/C17H22ClN3O3S/c1-25-10-8-14(17(24)21-13-7-4-9-19-16(13)23)20-15(22)11-5-2-3-6-12(11)18/h2-3,5-6,13-14H,4,7-10H2,1H3,(H,19,23)(H,20,22)(H,21,24). The predicted octanol–water partition coefficient (Wildman–Crippen LogP) is 1.59. The number of halogens is 1. The van der Waals surface area contributed by atoms with Gasteiger partial charge in [-0.2, -0.15) is 11.8 Å². The number of amides is 3. The molecule has 2 atom stereocenters. The molecule has 0 aliphatic carbocycles. The number of rotatable bonds is 7. The van der Waals surface area contributed by atoms with E-state index >= 15 is 0 Å². The Bertz CT molecular complexity index is 641. The Morgan fingerprint density at radius 3 is 2.84 bits per heavy atom. The van der Waals surface area contributed by atoms with Crippen LogP contribution in [-0.2, 0) is 9.59 Å². The van der Waals surface area contributed by atoms with Gasteiger partial charge < -0.3 is 16.0 Å². The second-order valence-corrected chi connectivity index (χ2v) is 7.17. The molecule has 6 nitrogen and oxygen atoms in total. The van der Waals surface area contributed by atoms with Gasteiger partial charge in [0, 0.05) is 6.54 Å². The van der Waals surface area contributed by atoms with Crippen LogP contribution in [0.4, 0.5) is 0 Å². The highest BCUT2D eigenvalue weighted by Crippen LogP contribution is 2.15. The molecule has 0 spiro atoms. The third-order valence-electron chi connectivity index (χ3n) is 3.95. The van der Waals surface area contributed by atoms with Crippen molar-refractivity contribution in [2.24, 2.45) is 0 Å². The minimum Gasteiger partial charge on any atom is -0.354 e. The molecule has 0 bridgehead atoms. The Morgan fingerprint density at radius 1 is 1.40 bits per heavy atom. The van der Waals surface area contributed by atoms with Crippen molar-refractivity contribution in [1.82, 2.24) is 16.0 Å². The lowest BCUT2D eigenvalue weighted by atomic mass is 10.1. The van der Waals surface area contributed by atoms with Crippen LogP contribution in [0.3, 0.4) is 0 Å². The Morgan fingerprint density at radius 2 is 2.16 bits per heavy atom. The Kier molecular flexibility index (Phi) is 7.58. The summed E-state index contributed by atoms with van der Waals surface area (Å²) in [6.45, 7) is 0.629. The molecule has 1 saturated heterocycles. The van der Waals surface area contributed by atoms with Crippen molar-refractivity contribution < 1.29 is 14.4 Å². The molecule has 2 rings (SSSR count). The summed E-state index contributed by atoms with van der Waals surface area (Å²) in [4.78, 5) is 36.8. The number of piperidine rings is 1. The van der Waals surface area contributed by atoms with Gasteiger partial charge in [-0.3, -0.25) is 14.4 Å². The summed E-state index contributed by atoms with van der Waals surface area (Å²) in [5.74, 6) is -0.227. The second kappa shape index (κ2) is 9.68. The SMILES string of the molecule is CSCCC(NC(=O)c1ccccc1Cl)C(=O)NC1CCCNC1=O. The molecule has 0 radical (unpaired) electrons. The van der Waals surface area contributed by atoms with E-state index in [4.69, 9.17) is 11.6 Å². The highest BCUT2D eigenvalue weighted by Gasteiger charge is 2.28. The number of benzene rings is 1. The lowest BCUT2D eigenvalue weighted by molar-refractivity contribution is -0.131. The van der Waals surface area contributed by atoms with Gasteiger partial charge in [-0.15, -0.1) is 0 Å². The number of thioether (sulfide) groups is 1. The molecule has 25 heavy (non-hydrogen) atoms. The van der Waals surface area contributed by atoms with Gasteiger partial charge in [0.15, 0.2) is 0 Å². The van der Waals surface area contributed by atoms with Gasteiger partial charge in [-0.05, 0) is 43.4 Å². The van der Waals surface area contributed by atoms with Crippen LogP contribution in [0, 0.1) is 0 Å². The van der Waals surface area contributed by atoms with E-state index in [1.54, 1.807) is 36.0 Å². The van der Waals surface area contributed by atoms with E-state index < -0.39 is 18.0 Å². The number of carbonyl (C=O) groups is 3. The van der Waals surface area contributed by atoms with E-state index in [0.29, 0.717) is 35.7 Å². The number of carbonyl (C=O) groups excluding carboxylic acids is 3. The first-order valence-corrected chi connectivity index (χ1v) is 9.92. The van der Waals surface area contributed by atoms with Gasteiger partial charge >= 0.3 is 0 Å². The maximum absolute atomic E-state index is 12.6. The van der Waals surface area contributed by atoms with Crippen LogP contribution >= 0.6 is 23.4 Å². The fourth-order valence-electron chi connectivity index (χ4n) is 2.57. The first kappa shape index (κ1) is 19.6. The second-order valence-electron chi connectivity index (χ2n) is 5.78. The number of hydrogen-bond donors (Lipinski definition) is 3. The van der Waals surface area contributed by atoms with E-state index in [9.17, 15) is 14.4 Å². The van der Waals surface area contributed by atoms with Crippen molar-refractivity contribution in [1.29, 1.82) is 0 Å². The van der Waals surface area contributed by atoms with Crippen molar-refractivity contribution in [3.05, 3.63) is 34.9 Å². The van der Waals surface area contributed by atoms with Gasteiger partial charge in [0.2, 0.25) is 11.8 Å². The molecule has 3 amide bonds. The molecular formula is C17H22ClN3O3S. The van der Waals surface area contributed by atoms with E-state index in [1.165, 1.54) is 0 Å². The normalized spacial score (nSPS) is 18.2. The van der Waals surface area contributed by atoms with Crippen LogP contribution in [0.25, 0.3) is 0 Å². The molecule has 1 aliphatic heterocycles. The van der Waals surface area contributed by atoms with Crippen molar-refractivity contribution in [3.8, 4) is 0 Å². The fourth-order valence-corrected chi connectivity index (χ4v) is 3.26. The lowest BCUT2D eigenvalue weighted by Gasteiger charge is -2.25. The molecule has 1 aliphatic rings. The zero-order valence-electron chi connectivity index (χ0n) is 14.0. The van der Waals surface area contributed by atoms with Crippen molar-refractivity contribution in [2.75, 3.05) is 18.6 Å². The molecule has 0 saturated carbocycles. The van der Waals surface area contributed by atoms with Crippen LogP contribution in [0.1, 0.15) is 29.6 Å². The smallest absolute Gasteiger partial charge is 0.253 e. The summed E-state index contributed by atoms with van der Waals surface area (Å²) in [5.41, 5.74) is 0.321. The molecule has 1 fully saturated rings. The summed E-state index contributed by atoms with van der Waals surface area (Å²) in [7, 11) is 0. The van der Waals surface area contributed by atoms with Crippen LogP contribution in [0.15, 0.2) is 24.3 Å². The summed E-state index contributed by atoms with van der Waals surface area (Å²) in [6.07, 6.45) is 3.82. The summed E-state index contributed by atoms with van der Waals surface area (Å²) in [5, 5.41) is 8.53. The molecule has 0 aromatic heterocycles. The molecule has 8 heteroatoms. The van der Waals surface area contributed by atoms with E-state index in [1.807, 2.05) is 6.26 Å². The molecule has 1 heterocycles. The summed E-state index contributed by atoms with van der Waals surface area (Å²) < 4.78 is 0. The van der Waals surface area contributed by atoms with Gasteiger partial charge in [0.05, 0.1) is 10.6 Å². The van der Waals surface area contributed by atoms with Gasteiger partial charge in [-0.1, -0.05) is 23.7 Å². The van der Waals surface area contributed by atoms with E-state index in [-0.39, 0.29) is 11.8 Å². The van der Waals surface area contributed by atoms with Crippen LogP contribution in [0.5, 0.6) is 0 Å². The maximum Gasteiger partial charge on any atom is 0.253 e. The predicted molar refractivity (Wildman–Crippen MR) is 99.9 cm³/mol. The minimum absolute atomic E-state index is 0.180. The van der Waals surface area contributed by atoms with E-state index in [2.05, 4.69) is 16.0 Å². The van der Waals surface area contributed by atoms with Crippen molar-refractivity contribution in [2.45, 2.75) is 31.3 Å². The Balaban J connectivity index is 2.04. The first-order valence-electron chi connectivity index (χ1n) is 8.15.